The van der Waals surface area contributed by atoms with Crippen molar-refractivity contribution in [3.05, 3.63) is 33.7 Å². The summed E-state index contributed by atoms with van der Waals surface area (Å²) in [4.78, 5) is 22.6. The predicted octanol–water partition coefficient (Wildman–Crippen LogP) is 1.67. The van der Waals surface area contributed by atoms with E-state index < -0.39 is 23.3 Å². The Hall–Kier alpha value is -1.79. The normalized spacial score (nSPS) is 11.4. The van der Waals surface area contributed by atoms with E-state index in [2.05, 4.69) is 4.74 Å². The molecule has 0 aliphatic carbocycles. The second kappa shape index (κ2) is 4.60. The van der Waals surface area contributed by atoms with E-state index in [-0.39, 0.29) is 12.1 Å². The number of alkyl halides is 3. The summed E-state index contributed by atoms with van der Waals surface area (Å²) in [6.07, 6.45) is -3.75. The minimum absolute atomic E-state index is 0.0345. The van der Waals surface area contributed by atoms with Gasteiger partial charge in [0.25, 0.3) is 5.56 Å². The Balaban J connectivity index is 3.50. The van der Waals surface area contributed by atoms with Crippen molar-refractivity contribution in [1.82, 2.24) is 4.57 Å². The maximum atomic E-state index is 12.5. The molecule has 17 heavy (non-hydrogen) atoms. The predicted molar refractivity (Wildman–Crippen MR) is 52.7 cm³/mol. The fourth-order valence-corrected chi connectivity index (χ4v) is 1.30. The molecule has 0 aromatic carbocycles. The molecule has 1 aromatic heterocycles. The lowest BCUT2D eigenvalue weighted by Gasteiger charge is -2.11. The number of esters is 1. The summed E-state index contributed by atoms with van der Waals surface area (Å²) in [5.41, 5.74) is -2.85. The Kier molecular flexibility index (Phi) is 3.59. The quantitative estimate of drug-likeness (QED) is 0.749. The standard InChI is InChI=1S/C10H10F3NO3/c1-3-14-5-6(9(16)17-2)4-7(8(14)15)10(11,12)13/h4-5H,3H2,1-2H3. The molecule has 0 fully saturated rings. The molecule has 0 N–H and O–H groups in total. The summed E-state index contributed by atoms with van der Waals surface area (Å²) >= 11 is 0. The van der Waals surface area contributed by atoms with Gasteiger partial charge in [0.2, 0.25) is 0 Å². The van der Waals surface area contributed by atoms with Crippen LogP contribution in [0, 0.1) is 0 Å². The van der Waals surface area contributed by atoms with E-state index in [4.69, 9.17) is 0 Å². The minimum Gasteiger partial charge on any atom is -0.465 e. The van der Waals surface area contributed by atoms with Crippen molar-refractivity contribution in [2.45, 2.75) is 19.6 Å². The number of halogens is 3. The molecule has 0 amide bonds. The van der Waals surface area contributed by atoms with Crippen LogP contribution in [0.5, 0.6) is 0 Å². The summed E-state index contributed by atoms with van der Waals surface area (Å²) in [5, 5.41) is 0. The van der Waals surface area contributed by atoms with Crippen LogP contribution in [0.25, 0.3) is 0 Å². The second-order valence-corrected chi connectivity index (χ2v) is 3.22. The van der Waals surface area contributed by atoms with Crippen LogP contribution < -0.4 is 5.56 Å². The molecule has 0 radical (unpaired) electrons. The fourth-order valence-electron chi connectivity index (χ4n) is 1.30. The van der Waals surface area contributed by atoms with Crippen molar-refractivity contribution in [3.63, 3.8) is 0 Å². The van der Waals surface area contributed by atoms with Gasteiger partial charge in [0.05, 0.1) is 12.7 Å². The Morgan fingerprint density at radius 2 is 2.06 bits per heavy atom. The highest BCUT2D eigenvalue weighted by molar-refractivity contribution is 5.89. The number of nitrogens with zero attached hydrogens (tertiary/aromatic N) is 1. The van der Waals surface area contributed by atoms with Gasteiger partial charge in [-0.15, -0.1) is 0 Å². The van der Waals surface area contributed by atoms with Crippen LogP contribution >= 0.6 is 0 Å². The molecule has 0 aliphatic heterocycles. The van der Waals surface area contributed by atoms with Crippen molar-refractivity contribution in [3.8, 4) is 0 Å². The van der Waals surface area contributed by atoms with E-state index in [9.17, 15) is 22.8 Å². The minimum atomic E-state index is -4.79. The molecule has 0 spiro atoms. The van der Waals surface area contributed by atoms with Gasteiger partial charge in [0, 0.05) is 12.7 Å². The van der Waals surface area contributed by atoms with Crippen LogP contribution in [0.3, 0.4) is 0 Å². The molecule has 1 aromatic rings. The zero-order chi connectivity index (χ0) is 13.2. The third-order valence-electron chi connectivity index (χ3n) is 2.15. The van der Waals surface area contributed by atoms with E-state index in [1.165, 1.54) is 6.92 Å². The third-order valence-corrected chi connectivity index (χ3v) is 2.15. The molecule has 0 bridgehead atoms. The van der Waals surface area contributed by atoms with Crippen LogP contribution in [-0.4, -0.2) is 17.6 Å². The summed E-state index contributed by atoms with van der Waals surface area (Å²) in [7, 11) is 1.05. The Labute approximate surface area is 94.6 Å². The summed E-state index contributed by atoms with van der Waals surface area (Å²) in [6.45, 7) is 1.54. The van der Waals surface area contributed by atoms with E-state index in [1.54, 1.807) is 0 Å². The van der Waals surface area contributed by atoms with Crippen LogP contribution in [-0.2, 0) is 17.5 Å². The van der Waals surface area contributed by atoms with Gasteiger partial charge >= 0.3 is 12.1 Å². The lowest BCUT2D eigenvalue weighted by atomic mass is 10.2. The SMILES string of the molecule is CCn1cc(C(=O)OC)cc(C(F)(F)F)c1=O. The van der Waals surface area contributed by atoms with Crippen molar-refractivity contribution >= 4 is 5.97 Å². The van der Waals surface area contributed by atoms with Gasteiger partial charge < -0.3 is 9.30 Å². The summed E-state index contributed by atoms with van der Waals surface area (Å²) in [6, 6.07) is 0.500. The van der Waals surface area contributed by atoms with Crippen LogP contribution in [0.4, 0.5) is 13.2 Å². The molecule has 0 saturated carbocycles. The first-order valence-corrected chi connectivity index (χ1v) is 4.71. The maximum absolute atomic E-state index is 12.5. The first-order valence-electron chi connectivity index (χ1n) is 4.71. The highest BCUT2D eigenvalue weighted by atomic mass is 19.4. The van der Waals surface area contributed by atoms with Gasteiger partial charge in [-0.2, -0.15) is 13.2 Å². The number of methoxy groups -OCH3 is 1. The summed E-state index contributed by atoms with van der Waals surface area (Å²) < 4.78 is 42.8. The number of carbonyl (C=O) groups excluding carboxylic acids is 1. The van der Waals surface area contributed by atoms with Crippen LogP contribution in [0.1, 0.15) is 22.8 Å². The van der Waals surface area contributed by atoms with Crippen molar-refractivity contribution in [2.24, 2.45) is 0 Å². The second-order valence-electron chi connectivity index (χ2n) is 3.22. The molecular formula is C10H10F3NO3. The first-order chi connectivity index (χ1) is 7.81. The molecule has 7 heteroatoms. The number of aryl methyl sites for hydroxylation is 1. The van der Waals surface area contributed by atoms with Crippen molar-refractivity contribution < 1.29 is 22.7 Å². The van der Waals surface area contributed by atoms with Gasteiger partial charge in [-0.05, 0) is 13.0 Å². The topological polar surface area (TPSA) is 48.3 Å². The molecule has 1 rings (SSSR count). The number of carbonyl (C=O) groups is 1. The van der Waals surface area contributed by atoms with E-state index in [1.807, 2.05) is 0 Å². The van der Waals surface area contributed by atoms with Crippen molar-refractivity contribution in [1.29, 1.82) is 0 Å². The smallest absolute Gasteiger partial charge is 0.421 e. The van der Waals surface area contributed by atoms with Crippen molar-refractivity contribution in [2.75, 3.05) is 7.11 Å². The average molecular weight is 249 g/mol. The lowest BCUT2D eigenvalue weighted by molar-refractivity contribution is -0.139. The number of hydrogen-bond donors (Lipinski definition) is 0. The van der Waals surface area contributed by atoms with Crippen LogP contribution in [0.2, 0.25) is 0 Å². The van der Waals surface area contributed by atoms with E-state index in [0.717, 1.165) is 17.9 Å². The third kappa shape index (κ3) is 2.66. The van der Waals surface area contributed by atoms with Crippen LogP contribution in [0.15, 0.2) is 17.1 Å². The zero-order valence-electron chi connectivity index (χ0n) is 9.17. The molecular weight excluding hydrogens is 239 g/mol. The fraction of sp³-hybridized carbons (Fsp3) is 0.400. The number of hydrogen-bond acceptors (Lipinski definition) is 3. The van der Waals surface area contributed by atoms with Gasteiger partial charge in [0.1, 0.15) is 5.56 Å². The summed E-state index contributed by atoms with van der Waals surface area (Å²) in [5.74, 6) is -0.919. The molecule has 0 saturated heterocycles. The number of ether oxygens (including phenoxy) is 1. The molecule has 0 unspecified atom stereocenters. The molecule has 94 valence electrons. The van der Waals surface area contributed by atoms with Gasteiger partial charge in [0.15, 0.2) is 0 Å². The monoisotopic (exact) mass is 249 g/mol. The Morgan fingerprint density at radius 3 is 2.47 bits per heavy atom. The highest BCUT2D eigenvalue weighted by Crippen LogP contribution is 2.27. The van der Waals surface area contributed by atoms with Gasteiger partial charge in [-0.3, -0.25) is 4.79 Å². The van der Waals surface area contributed by atoms with Gasteiger partial charge in [-0.25, -0.2) is 4.79 Å². The van der Waals surface area contributed by atoms with Gasteiger partial charge in [-0.1, -0.05) is 0 Å². The molecule has 4 nitrogen and oxygen atoms in total. The maximum Gasteiger partial charge on any atom is 0.421 e. The number of aromatic nitrogens is 1. The van der Waals surface area contributed by atoms with E-state index >= 15 is 0 Å². The number of pyridine rings is 1. The highest BCUT2D eigenvalue weighted by Gasteiger charge is 2.35. The largest absolute Gasteiger partial charge is 0.465 e. The van der Waals surface area contributed by atoms with E-state index in [0.29, 0.717) is 6.07 Å². The molecule has 1 heterocycles. The zero-order valence-corrected chi connectivity index (χ0v) is 9.17. The Bertz CT molecular complexity index is 491. The number of rotatable bonds is 2. The molecule has 0 atom stereocenters. The first kappa shape index (κ1) is 13.3. The average Bonchev–Trinajstić information content (AvgIpc) is 2.26. The Morgan fingerprint density at radius 1 is 1.47 bits per heavy atom. The lowest BCUT2D eigenvalue weighted by Crippen LogP contribution is -2.29. The molecule has 0 aliphatic rings.